The van der Waals surface area contributed by atoms with Crippen LogP contribution in [-0.4, -0.2) is 82.4 Å². The van der Waals surface area contributed by atoms with Crippen molar-refractivity contribution in [3.8, 4) is 11.5 Å². The maximum atomic E-state index is 11.8. The van der Waals surface area contributed by atoms with Crippen LogP contribution in [0.4, 0.5) is 0 Å². The summed E-state index contributed by atoms with van der Waals surface area (Å²) in [5.74, 6) is 0.902. The first-order valence-electron chi connectivity index (χ1n) is 13.6. The summed E-state index contributed by atoms with van der Waals surface area (Å²) in [6.45, 7) is 3.66. The Labute approximate surface area is 218 Å². The van der Waals surface area contributed by atoms with Gasteiger partial charge in [0, 0.05) is 35.6 Å². The third-order valence-electron chi connectivity index (χ3n) is 8.57. The first-order valence-corrected chi connectivity index (χ1v) is 13.6. The quantitative estimate of drug-likeness (QED) is 0.410. The van der Waals surface area contributed by atoms with Gasteiger partial charge in [-0.3, -0.25) is 0 Å². The van der Waals surface area contributed by atoms with Gasteiger partial charge in [0.25, 0.3) is 0 Å². The molecule has 1 aromatic carbocycles. The summed E-state index contributed by atoms with van der Waals surface area (Å²) in [6, 6.07) is 8.82. The standard InChI is InChI=1S/C18H22BNO5.C8H16BNO2/c1-19(22)20-12-4-5-13(20)9-15(8-12)24-14-6-3-11-7-17(23-2)18(21)25-16(11)10-14;1-9(12)10-6-2-3-7(10)5-8(11)4-6/h3,6-7,10,12-13,15,22H,4-5,8-9H2,1-2H3;6-8,11-12H,2-5H2,1H3/t12-,13?,15?;6-,7?,8?/m00/s1. The minimum atomic E-state index is -0.490. The molecule has 6 rings (SSSR count). The fourth-order valence-corrected chi connectivity index (χ4v) is 7.15. The molecule has 4 bridgehead atoms. The smallest absolute Gasteiger partial charge is 0.379 e. The number of rotatable bonds is 5. The Morgan fingerprint density at radius 2 is 1.43 bits per heavy atom. The van der Waals surface area contributed by atoms with Crippen LogP contribution in [0.5, 0.6) is 11.5 Å². The zero-order chi connectivity index (χ0) is 26.3. The lowest BCUT2D eigenvalue weighted by Gasteiger charge is -2.39. The summed E-state index contributed by atoms with van der Waals surface area (Å²) < 4.78 is 16.5. The molecule has 3 N–H and O–H groups in total. The molecule has 2 aromatic rings. The molecule has 4 aliphatic rings. The van der Waals surface area contributed by atoms with Gasteiger partial charge in [-0.05, 0) is 83.2 Å². The molecule has 0 radical (unpaired) electrons. The molecule has 11 heteroatoms. The van der Waals surface area contributed by atoms with E-state index in [-0.39, 0.29) is 25.0 Å². The average molecular weight is 512 g/mol. The Kier molecular flexibility index (Phi) is 7.88. The Morgan fingerprint density at radius 1 is 0.892 bits per heavy atom. The topological polar surface area (TPSA) is 116 Å². The summed E-state index contributed by atoms with van der Waals surface area (Å²) in [5.41, 5.74) is 0.00289. The van der Waals surface area contributed by atoms with Crippen molar-refractivity contribution in [1.29, 1.82) is 0 Å². The van der Waals surface area contributed by atoms with Crippen molar-refractivity contribution in [2.75, 3.05) is 7.11 Å². The summed E-state index contributed by atoms with van der Waals surface area (Å²) in [5, 5.41) is 29.7. The van der Waals surface area contributed by atoms with E-state index in [9.17, 15) is 19.9 Å². The number of ether oxygens (including phenoxy) is 2. The van der Waals surface area contributed by atoms with Gasteiger partial charge in [0.2, 0.25) is 5.75 Å². The second-order valence-corrected chi connectivity index (χ2v) is 11.1. The SMILES string of the molecule is CB(O)N1C2CC[C@H]1CC(O)C2.COc1cc2ccc(OC3CC4CC[C@@H](C3)N4B(C)O)cc2oc1=O. The molecule has 200 valence electrons. The number of benzene rings is 1. The molecule has 0 spiro atoms. The molecule has 0 aliphatic carbocycles. The number of hydrogen-bond acceptors (Lipinski definition) is 9. The Morgan fingerprint density at radius 3 is 1.95 bits per heavy atom. The van der Waals surface area contributed by atoms with Gasteiger partial charge < -0.3 is 38.7 Å². The van der Waals surface area contributed by atoms with E-state index in [0.717, 1.165) is 56.8 Å². The van der Waals surface area contributed by atoms with E-state index in [1.165, 1.54) is 7.11 Å². The number of aliphatic hydroxyl groups excluding tert-OH is 1. The first kappa shape index (κ1) is 26.6. The van der Waals surface area contributed by atoms with Crippen LogP contribution in [0.1, 0.15) is 51.4 Å². The minimum Gasteiger partial charge on any atom is -0.490 e. The molecule has 5 heterocycles. The molecular weight excluding hydrogens is 474 g/mol. The highest BCUT2D eigenvalue weighted by molar-refractivity contribution is 6.45. The zero-order valence-electron chi connectivity index (χ0n) is 22.0. The van der Waals surface area contributed by atoms with Gasteiger partial charge in [-0.15, -0.1) is 0 Å². The maximum Gasteiger partial charge on any atom is 0.379 e. The monoisotopic (exact) mass is 512 g/mol. The van der Waals surface area contributed by atoms with Crippen molar-refractivity contribution in [2.24, 2.45) is 0 Å². The van der Waals surface area contributed by atoms with Crippen molar-refractivity contribution in [3.05, 3.63) is 34.7 Å². The number of hydrogen-bond donors (Lipinski definition) is 3. The number of methoxy groups -OCH3 is 1. The molecule has 1 aromatic heterocycles. The molecule has 0 amide bonds. The highest BCUT2D eigenvalue weighted by atomic mass is 16.5. The number of piperidine rings is 2. The highest BCUT2D eigenvalue weighted by Gasteiger charge is 2.44. The minimum absolute atomic E-state index is 0.120. The average Bonchev–Trinajstić information content (AvgIpc) is 3.29. The van der Waals surface area contributed by atoms with E-state index in [4.69, 9.17) is 13.9 Å². The van der Waals surface area contributed by atoms with E-state index in [1.54, 1.807) is 12.1 Å². The van der Waals surface area contributed by atoms with Crippen LogP contribution in [0.15, 0.2) is 33.5 Å². The molecule has 4 fully saturated rings. The van der Waals surface area contributed by atoms with Gasteiger partial charge in [-0.25, -0.2) is 4.79 Å². The number of nitrogens with zero attached hydrogens (tertiary/aromatic N) is 2. The molecule has 9 nitrogen and oxygen atoms in total. The van der Waals surface area contributed by atoms with Gasteiger partial charge in [0.1, 0.15) is 17.4 Å². The zero-order valence-corrected chi connectivity index (χ0v) is 22.0. The Hall–Kier alpha value is -2.04. The lowest BCUT2D eigenvalue weighted by atomic mass is 9.79. The van der Waals surface area contributed by atoms with Crippen LogP contribution in [-0.2, 0) is 0 Å². The first-order chi connectivity index (χ1) is 17.7. The fourth-order valence-electron chi connectivity index (χ4n) is 7.15. The van der Waals surface area contributed by atoms with Gasteiger partial charge >= 0.3 is 19.7 Å². The van der Waals surface area contributed by atoms with Crippen LogP contribution in [0.3, 0.4) is 0 Å². The lowest BCUT2D eigenvalue weighted by molar-refractivity contribution is 0.0686. The Bertz CT molecular complexity index is 1120. The van der Waals surface area contributed by atoms with Crippen molar-refractivity contribution >= 4 is 25.1 Å². The van der Waals surface area contributed by atoms with Gasteiger partial charge in [0.05, 0.1) is 13.2 Å². The second-order valence-electron chi connectivity index (χ2n) is 11.1. The second kappa shape index (κ2) is 11.0. The molecule has 6 atom stereocenters. The predicted molar refractivity (Wildman–Crippen MR) is 143 cm³/mol. The molecular formula is C26H38B2N2O7. The van der Waals surface area contributed by atoms with Crippen LogP contribution in [0, 0.1) is 0 Å². The van der Waals surface area contributed by atoms with Gasteiger partial charge in [-0.2, -0.15) is 0 Å². The molecule has 4 saturated heterocycles. The van der Waals surface area contributed by atoms with Crippen molar-refractivity contribution in [2.45, 2.75) is 101 Å². The molecule has 4 unspecified atom stereocenters. The fraction of sp³-hybridized carbons (Fsp3) is 0.654. The van der Waals surface area contributed by atoms with Crippen molar-refractivity contribution in [1.82, 2.24) is 9.62 Å². The van der Waals surface area contributed by atoms with Crippen LogP contribution in [0.2, 0.25) is 13.6 Å². The van der Waals surface area contributed by atoms with Crippen molar-refractivity contribution in [3.63, 3.8) is 0 Å². The largest absolute Gasteiger partial charge is 0.490 e. The molecule has 0 saturated carbocycles. The Balaban J connectivity index is 0.000000195. The summed E-state index contributed by atoms with van der Waals surface area (Å²) in [6.07, 6.45) is 8.02. The summed E-state index contributed by atoms with van der Waals surface area (Å²) >= 11 is 0. The molecule has 37 heavy (non-hydrogen) atoms. The van der Waals surface area contributed by atoms with E-state index < -0.39 is 12.7 Å². The van der Waals surface area contributed by atoms with E-state index in [1.807, 2.05) is 25.8 Å². The van der Waals surface area contributed by atoms with Crippen molar-refractivity contribution < 1.29 is 29.0 Å². The summed E-state index contributed by atoms with van der Waals surface area (Å²) in [4.78, 5) is 16.2. The van der Waals surface area contributed by atoms with E-state index in [2.05, 4.69) is 9.62 Å². The number of fused-ring (bicyclic) bond motifs is 5. The van der Waals surface area contributed by atoms with E-state index in [0.29, 0.717) is 35.5 Å². The maximum absolute atomic E-state index is 11.8. The number of aliphatic hydroxyl groups is 1. The third kappa shape index (κ3) is 5.56. The lowest BCUT2D eigenvalue weighted by Crippen LogP contribution is -2.52. The highest BCUT2D eigenvalue weighted by Crippen LogP contribution is 2.38. The summed E-state index contributed by atoms with van der Waals surface area (Å²) in [7, 11) is 0.710. The van der Waals surface area contributed by atoms with Gasteiger partial charge in [0.15, 0.2) is 0 Å². The molecule has 4 aliphatic heterocycles. The van der Waals surface area contributed by atoms with Gasteiger partial charge in [-0.1, -0.05) is 0 Å². The predicted octanol–water partition coefficient (Wildman–Crippen LogP) is 2.37. The van der Waals surface area contributed by atoms with Crippen LogP contribution < -0.4 is 15.1 Å². The third-order valence-corrected chi connectivity index (χ3v) is 8.57. The van der Waals surface area contributed by atoms with E-state index >= 15 is 0 Å². The van der Waals surface area contributed by atoms with Crippen LogP contribution in [0.25, 0.3) is 11.0 Å². The van der Waals surface area contributed by atoms with Crippen LogP contribution >= 0.6 is 0 Å². The normalized spacial score (nSPS) is 31.1.